The number of nitrogens with one attached hydrogen (secondary N) is 1. The second-order valence-corrected chi connectivity index (χ2v) is 5.19. The Kier molecular flexibility index (Phi) is 3.08. The summed E-state index contributed by atoms with van der Waals surface area (Å²) in [5.41, 5.74) is 0. The number of amides is 1. The van der Waals surface area contributed by atoms with E-state index in [4.69, 9.17) is 0 Å². The second kappa shape index (κ2) is 4.75. The molecule has 3 atom stereocenters. The van der Waals surface area contributed by atoms with Crippen LogP contribution in [0.15, 0.2) is 24.4 Å². The highest BCUT2D eigenvalue weighted by Crippen LogP contribution is 2.43. The largest absolute Gasteiger partial charge is 0.309 e. The topological polar surface area (TPSA) is 46.9 Å². The lowest BCUT2D eigenvalue weighted by Crippen LogP contribution is -2.26. The molecule has 2 bridgehead atoms. The molecule has 1 aromatic heterocycles. The minimum absolute atomic E-state index is 0.00440. The molecule has 2 aliphatic rings. The number of aromatic nitrogens is 2. The first-order valence-corrected chi connectivity index (χ1v) is 6.42. The van der Waals surface area contributed by atoms with Crippen LogP contribution in [0, 0.1) is 17.8 Å². The maximum atomic E-state index is 12.2. The fraction of sp³-hybridized carbons (Fsp3) is 0.538. The van der Waals surface area contributed by atoms with E-state index in [1.165, 1.54) is 6.20 Å². The van der Waals surface area contributed by atoms with Crippen molar-refractivity contribution in [3.8, 4) is 0 Å². The minimum atomic E-state index is -2.45. The molecule has 1 saturated carbocycles. The summed E-state index contributed by atoms with van der Waals surface area (Å²) in [7, 11) is 0. The van der Waals surface area contributed by atoms with Crippen LogP contribution in [0.25, 0.3) is 0 Å². The molecule has 1 aromatic rings. The molecule has 0 aromatic carbocycles. The summed E-state index contributed by atoms with van der Waals surface area (Å²) < 4.78 is 25.5. The normalized spacial score (nSPS) is 28.3. The zero-order valence-corrected chi connectivity index (χ0v) is 10.3. The number of allylic oxidation sites excluding steroid dienone is 2. The van der Waals surface area contributed by atoms with Crippen molar-refractivity contribution in [3.63, 3.8) is 0 Å². The maximum Gasteiger partial charge on any atom is 0.257 e. The van der Waals surface area contributed by atoms with Crippen LogP contribution in [0.1, 0.15) is 12.8 Å². The van der Waals surface area contributed by atoms with Gasteiger partial charge in [-0.3, -0.25) is 9.48 Å². The SMILES string of the molecule is O=C(Nc1ccn(CC(F)F)n1)C1CC2C=CC1C2. The van der Waals surface area contributed by atoms with Gasteiger partial charge in [-0.2, -0.15) is 5.10 Å². The molecule has 1 heterocycles. The van der Waals surface area contributed by atoms with Gasteiger partial charge in [0.2, 0.25) is 5.91 Å². The van der Waals surface area contributed by atoms with Gasteiger partial charge in [-0.05, 0) is 24.7 Å². The van der Waals surface area contributed by atoms with E-state index in [1.807, 2.05) is 0 Å². The zero-order chi connectivity index (χ0) is 13.4. The molecule has 102 valence electrons. The van der Waals surface area contributed by atoms with Gasteiger partial charge in [0.15, 0.2) is 5.82 Å². The first-order valence-electron chi connectivity index (χ1n) is 6.42. The van der Waals surface area contributed by atoms with E-state index < -0.39 is 13.0 Å². The number of rotatable bonds is 4. The third kappa shape index (κ3) is 2.52. The third-order valence-electron chi connectivity index (χ3n) is 3.83. The summed E-state index contributed by atoms with van der Waals surface area (Å²) >= 11 is 0. The number of hydrogen-bond donors (Lipinski definition) is 1. The smallest absolute Gasteiger partial charge is 0.257 e. The van der Waals surface area contributed by atoms with E-state index in [0.29, 0.717) is 17.7 Å². The molecule has 3 rings (SSSR count). The van der Waals surface area contributed by atoms with Gasteiger partial charge in [0.05, 0.1) is 0 Å². The molecule has 6 heteroatoms. The Bertz CT molecular complexity index is 512. The molecule has 2 aliphatic carbocycles. The quantitative estimate of drug-likeness (QED) is 0.851. The predicted molar refractivity (Wildman–Crippen MR) is 65.7 cm³/mol. The molecule has 0 aliphatic heterocycles. The predicted octanol–water partition coefficient (Wildman–Crippen LogP) is 2.30. The van der Waals surface area contributed by atoms with Crippen molar-refractivity contribution in [1.82, 2.24) is 9.78 Å². The van der Waals surface area contributed by atoms with Gasteiger partial charge < -0.3 is 5.32 Å². The van der Waals surface area contributed by atoms with Crippen LogP contribution in [0.4, 0.5) is 14.6 Å². The first kappa shape index (κ1) is 12.3. The Balaban J connectivity index is 1.60. The van der Waals surface area contributed by atoms with Crippen LogP contribution in [0.3, 0.4) is 0 Å². The van der Waals surface area contributed by atoms with Crippen LogP contribution in [0.2, 0.25) is 0 Å². The molecule has 1 amide bonds. The Labute approximate surface area is 109 Å². The molecule has 1 N–H and O–H groups in total. The Morgan fingerprint density at radius 3 is 2.95 bits per heavy atom. The highest BCUT2D eigenvalue weighted by atomic mass is 19.3. The number of nitrogens with zero attached hydrogens (tertiary/aromatic N) is 2. The molecular weight excluding hydrogens is 252 g/mol. The lowest BCUT2D eigenvalue weighted by Gasteiger charge is -2.16. The van der Waals surface area contributed by atoms with Gasteiger partial charge in [0, 0.05) is 18.2 Å². The molecule has 4 nitrogen and oxygen atoms in total. The molecule has 0 saturated heterocycles. The van der Waals surface area contributed by atoms with Crippen molar-refractivity contribution < 1.29 is 13.6 Å². The average molecular weight is 267 g/mol. The van der Waals surface area contributed by atoms with E-state index in [-0.39, 0.29) is 11.8 Å². The zero-order valence-electron chi connectivity index (χ0n) is 10.3. The Hall–Kier alpha value is -1.72. The summed E-state index contributed by atoms with van der Waals surface area (Å²) in [6.45, 7) is -0.452. The molecule has 1 fully saturated rings. The molecular formula is C13H15F2N3O. The summed E-state index contributed by atoms with van der Waals surface area (Å²) in [6.07, 6.45) is 5.21. The lowest BCUT2D eigenvalue weighted by atomic mass is 9.93. The number of carbonyl (C=O) groups excluding carboxylic acids is 1. The van der Waals surface area contributed by atoms with E-state index in [9.17, 15) is 13.6 Å². The van der Waals surface area contributed by atoms with E-state index in [0.717, 1.165) is 17.5 Å². The van der Waals surface area contributed by atoms with Crippen LogP contribution in [-0.4, -0.2) is 22.1 Å². The highest BCUT2D eigenvalue weighted by molar-refractivity contribution is 5.92. The Morgan fingerprint density at radius 1 is 1.47 bits per heavy atom. The van der Waals surface area contributed by atoms with Gasteiger partial charge in [0.25, 0.3) is 6.43 Å². The van der Waals surface area contributed by atoms with Crippen LogP contribution in [-0.2, 0) is 11.3 Å². The van der Waals surface area contributed by atoms with Crippen molar-refractivity contribution in [2.75, 3.05) is 5.32 Å². The van der Waals surface area contributed by atoms with E-state index in [2.05, 4.69) is 22.6 Å². The van der Waals surface area contributed by atoms with Crippen LogP contribution >= 0.6 is 0 Å². The fourth-order valence-corrected chi connectivity index (χ4v) is 2.97. The summed E-state index contributed by atoms with van der Waals surface area (Å²) in [5.74, 6) is 1.14. The van der Waals surface area contributed by atoms with E-state index >= 15 is 0 Å². The van der Waals surface area contributed by atoms with Gasteiger partial charge in [-0.25, -0.2) is 8.78 Å². The number of carbonyl (C=O) groups is 1. The Morgan fingerprint density at radius 2 is 2.32 bits per heavy atom. The lowest BCUT2D eigenvalue weighted by molar-refractivity contribution is -0.120. The van der Waals surface area contributed by atoms with Gasteiger partial charge in [-0.1, -0.05) is 12.2 Å². The number of anilines is 1. The van der Waals surface area contributed by atoms with E-state index in [1.54, 1.807) is 6.07 Å². The van der Waals surface area contributed by atoms with Crippen molar-refractivity contribution in [2.24, 2.45) is 17.8 Å². The summed E-state index contributed by atoms with van der Waals surface area (Å²) in [5, 5.41) is 6.62. The van der Waals surface area contributed by atoms with Crippen LogP contribution in [0.5, 0.6) is 0 Å². The molecule has 0 spiro atoms. The number of alkyl halides is 2. The monoisotopic (exact) mass is 267 g/mol. The van der Waals surface area contributed by atoms with Crippen molar-refractivity contribution in [3.05, 3.63) is 24.4 Å². The first-order chi connectivity index (χ1) is 9.11. The van der Waals surface area contributed by atoms with Gasteiger partial charge in [0.1, 0.15) is 6.54 Å². The van der Waals surface area contributed by atoms with Gasteiger partial charge in [-0.15, -0.1) is 0 Å². The molecule has 3 unspecified atom stereocenters. The standard InChI is InChI=1S/C13H15F2N3O/c14-11(15)7-18-4-3-12(17-18)16-13(19)10-6-8-1-2-9(10)5-8/h1-4,8-11H,5-7H2,(H,16,17,19). The van der Waals surface area contributed by atoms with Crippen molar-refractivity contribution >= 4 is 11.7 Å². The number of hydrogen-bond acceptors (Lipinski definition) is 2. The molecule has 19 heavy (non-hydrogen) atoms. The third-order valence-corrected chi connectivity index (χ3v) is 3.83. The second-order valence-electron chi connectivity index (χ2n) is 5.19. The fourth-order valence-electron chi connectivity index (χ4n) is 2.97. The van der Waals surface area contributed by atoms with Crippen molar-refractivity contribution in [1.29, 1.82) is 0 Å². The average Bonchev–Trinajstić information content (AvgIpc) is 3.04. The van der Waals surface area contributed by atoms with Crippen molar-refractivity contribution in [2.45, 2.75) is 25.8 Å². The summed E-state index contributed by atoms with van der Waals surface area (Å²) in [4.78, 5) is 12.1. The minimum Gasteiger partial charge on any atom is -0.309 e. The van der Waals surface area contributed by atoms with Crippen LogP contribution < -0.4 is 5.32 Å². The summed E-state index contributed by atoms with van der Waals surface area (Å²) in [6, 6.07) is 1.54. The number of halogens is 2. The highest BCUT2D eigenvalue weighted by Gasteiger charge is 2.39. The van der Waals surface area contributed by atoms with Gasteiger partial charge >= 0.3 is 0 Å². The number of fused-ring (bicyclic) bond motifs is 2. The molecule has 0 radical (unpaired) electrons. The maximum absolute atomic E-state index is 12.2.